The van der Waals surface area contributed by atoms with Crippen LogP contribution in [0.25, 0.3) is 0 Å². The lowest BCUT2D eigenvalue weighted by Gasteiger charge is -2.42. The Bertz CT molecular complexity index is 115. The normalized spacial score (nSPS) is 13.2. The summed E-state index contributed by atoms with van der Waals surface area (Å²) in [6.07, 6.45) is 9.53. The maximum absolute atomic E-state index is 2.37. The van der Waals surface area contributed by atoms with Gasteiger partial charge in [0.2, 0.25) is 0 Å². The summed E-state index contributed by atoms with van der Waals surface area (Å²) in [7, 11) is 0. The Balaban J connectivity index is 4.74. The van der Waals surface area contributed by atoms with Crippen molar-refractivity contribution < 1.29 is 0 Å². The van der Waals surface area contributed by atoms with Crippen molar-refractivity contribution in [3.8, 4) is 0 Å². The highest BCUT2D eigenvalue weighted by Gasteiger charge is 2.34. The highest BCUT2D eigenvalue weighted by Crippen LogP contribution is 2.47. The molecule has 0 heterocycles. The van der Waals surface area contributed by atoms with Crippen molar-refractivity contribution in [1.29, 1.82) is 0 Å². The molecule has 0 N–H and O–H groups in total. The molecule has 0 heteroatoms. The van der Waals surface area contributed by atoms with Gasteiger partial charge in [-0.3, -0.25) is 0 Å². The van der Waals surface area contributed by atoms with Gasteiger partial charge in [-0.25, -0.2) is 0 Å². The van der Waals surface area contributed by atoms with E-state index in [1.54, 1.807) is 0 Å². The minimum absolute atomic E-state index is 0.613. The van der Waals surface area contributed by atoms with Crippen molar-refractivity contribution in [2.24, 2.45) is 10.8 Å². The molecule has 0 aromatic rings. The minimum atomic E-state index is 0.613. The molecular formula is C15H32. The zero-order chi connectivity index (χ0) is 11.9. The van der Waals surface area contributed by atoms with Crippen LogP contribution in [0.1, 0.15) is 86.5 Å². The first kappa shape index (κ1) is 15.0. The lowest BCUT2D eigenvalue weighted by atomic mass is 9.64. The second kappa shape index (κ2) is 6.55. The summed E-state index contributed by atoms with van der Waals surface area (Å²) in [5.74, 6) is 0. The topological polar surface area (TPSA) is 0 Å². The van der Waals surface area contributed by atoms with Crippen LogP contribution in [0.3, 0.4) is 0 Å². The Labute approximate surface area is 97.8 Å². The van der Waals surface area contributed by atoms with Crippen LogP contribution in [-0.4, -0.2) is 0 Å². The Hall–Kier alpha value is 0. The van der Waals surface area contributed by atoms with Crippen LogP contribution in [0.4, 0.5) is 0 Å². The molecule has 0 bridgehead atoms. The summed E-state index contributed by atoms with van der Waals surface area (Å²) in [5, 5.41) is 0. The van der Waals surface area contributed by atoms with Crippen LogP contribution in [0.2, 0.25) is 0 Å². The van der Waals surface area contributed by atoms with Gasteiger partial charge in [0.05, 0.1) is 0 Å². The molecule has 0 aliphatic carbocycles. The third kappa shape index (κ3) is 3.50. The van der Waals surface area contributed by atoms with E-state index < -0.39 is 0 Å². The van der Waals surface area contributed by atoms with Crippen molar-refractivity contribution in [3.63, 3.8) is 0 Å². The molecule has 0 radical (unpaired) electrons. The number of rotatable bonds is 8. The van der Waals surface area contributed by atoms with Crippen molar-refractivity contribution in [2.75, 3.05) is 0 Å². The second-order valence-corrected chi connectivity index (χ2v) is 5.30. The quantitative estimate of drug-likeness (QED) is 0.476. The van der Waals surface area contributed by atoms with Gasteiger partial charge in [0.25, 0.3) is 0 Å². The van der Waals surface area contributed by atoms with Gasteiger partial charge in [-0.15, -0.1) is 0 Å². The van der Waals surface area contributed by atoms with E-state index in [2.05, 4.69) is 41.5 Å². The molecular weight excluding hydrogens is 180 g/mol. The van der Waals surface area contributed by atoms with Gasteiger partial charge in [-0.05, 0) is 17.3 Å². The maximum Gasteiger partial charge on any atom is -0.0300 e. The molecule has 0 aromatic carbocycles. The molecule has 0 saturated carbocycles. The fourth-order valence-corrected chi connectivity index (χ4v) is 3.05. The van der Waals surface area contributed by atoms with E-state index in [1.165, 1.54) is 44.9 Å². The zero-order valence-corrected chi connectivity index (χ0v) is 11.9. The van der Waals surface area contributed by atoms with E-state index in [4.69, 9.17) is 0 Å². The summed E-state index contributed by atoms with van der Waals surface area (Å²) < 4.78 is 0. The fourth-order valence-electron chi connectivity index (χ4n) is 3.05. The molecule has 0 spiro atoms. The van der Waals surface area contributed by atoms with E-state index in [1.807, 2.05) is 0 Å². The summed E-state index contributed by atoms with van der Waals surface area (Å²) in [6.45, 7) is 14.2. The van der Waals surface area contributed by atoms with Gasteiger partial charge >= 0.3 is 0 Å². The summed E-state index contributed by atoms with van der Waals surface area (Å²) in [5.41, 5.74) is 1.23. The molecule has 0 saturated heterocycles. The van der Waals surface area contributed by atoms with Crippen LogP contribution in [-0.2, 0) is 0 Å². The van der Waals surface area contributed by atoms with Crippen LogP contribution in [0.15, 0.2) is 0 Å². The van der Waals surface area contributed by atoms with Crippen molar-refractivity contribution in [2.45, 2.75) is 86.5 Å². The highest BCUT2D eigenvalue weighted by atomic mass is 14.4. The molecule has 0 amide bonds. The molecule has 15 heavy (non-hydrogen) atoms. The third-order valence-electron chi connectivity index (χ3n) is 5.25. The van der Waals surface area contributed by atoms with Crippen molar-refractivity contribution >= 4 is 0 Å². The first-order chi connectivity index (χ1) is 7.07. The monoisotopic (exact) mass is 212 g/mol. The Morgan fingerprint density at radius 1 is 0.467 bits per heavy atom. The smallest absolute Gasteiger partial charge is 0.0300 e. The lowest BCUT2D eigenvalue weighted by Crippen LogP contribution is -2.30. The van der Waals surface area contributed by atoms with E-state index in [0.29, 0.717) is 10.8 Å². The van der Waals surface area contributed by atoms with Crippen molar-refractivity contribution in [1.82, 2.24) is 0 Å². The first-order valence-electron chi connectivity index (χ1n) is 7.07. The molecule has 0 aliphatic heterocycles. The molecule has 0 nitrogen and oxygen atoms in total. The Morgan fingerprint density at radius 3 is 0.800 bits per heavy atom. The SMILES string of the molecule is CCC(CC)(CC)CC(CC)(CC)CC. The maximum atomic E-state index is 2.37. The van der Waals surface area contributed by atoms with E-state index in [0.717, 1.165) is 0 Å². The van der Waals surface area contributed by atoms with Crippen LogP contribution < -0.4 is 0 Å². The predicted octanol–water partition coefficient (Wildman–Crippen LogP) is 5.81. The predicted molar refractivity (Wildman–Crippen MR) is 71.2 cm³/mol. The van der Waals surface area contributed by atoms with Crippen LogP contribution >= 0.6 is 0 Å². The molecule has 0 atom stereocenters. The summed E-state index contributed by atoms with van der Waals surface area (Å²) >= 11 is 0. The molecule has 0 aromatic heterocycles. The average molecular weight is 212 g/mol. The molecule has 0 aliphatic rings. The highest BCUT2D eigenvalue weighted by molar-refractivity contribution is 4.86. The molecule has 0 unspecified atom stereocenters. The van der Waals surface area contributed by atoms with Crippen LogP contribution in [0.5, 0.6) is 0 Å². The number of hydrogen-bond donors (Lipinski definition) is 0. The third-order valence-corrected chi connectivity index (χ3v) is 5.25. The molecule has 0 fully saturated rings. The van der Waals surface area contributed by atoms with Gasteiger partial charge in [0.1, 0.15) is 0 Å². The van der Waals surface area contributed by atoms with Gasteiger partial charge in [-0.2, -0.15) is 0 Å². The van der Waals surface area contributed by atoms with Gasteiger partial charge < -0.3 is 0 Å². The Morgan fingerprint density at radius 2 is 0.667 bits per heavy atom. The van der Waals surface area contributed by atoms with E-state index >= 15 is 0 Å². The molecule has 0 rings (SSSR count). The average Bonchev–Trinajstić information content (AvgIpc) is 2.33. The first-order valence-corrected chi connectivity index (χ1v) is 7.07. The Kier molecular flexibility index (Phi) is 6.55. The zero-order valence-electron chi connectivity index (χ0n) is 11.9. The minimum Gasteiger partial charge on any atom is -0.0649 e. The lowest BCUT2D eigenvalue weighted by molar-refractivity contribution is 0.0973. The summed E-state index contributed by atoms with van der Waals surface area (Å²) in [4.78, 5) is 0. The standard InChI is InChI=1S/C15H32/c1-7-14(8-2,9-3)13-15(10-4,11-5)12-6/h7-13H2,1-6H3. The van der Waals surface area contributed by atoms with E-state index in [9.17, 15) is 0 Å². The largest absolute Gasteiger partial charge is 0.0649 e. The summed E-state index contributed by atoms with van der Waals surface area (Å²) in [6, 6.07) is 0. The van der Waals surface area contributed by atoms with Crippen molar-refractivity contribution in [3.05, 3.63) is 0 Å². The fraction of sp³-hybridized carbons (Fsp3) is 1.00. The van der Waals surface area contributed by atoms with Crippen LogP contribution in [0, 0.1) is 10.8 Å². The number of hydrogen-bond acceptors (Lipinski definition) is 0. The van der Waals surface area contributed by atoms with Gasteiger partial charge in [-0.1, -0.05) is 80.1 Å². The van der Waals surface area contributed by atoms with Gasteiger partial charge in [0.15, 0.2) is 0 Å². The second-order valence-electron chi connectivity index (χ2n) is 5.30. The van der Waals surface area contributed by atoms with Gasteiger partial charge in [0, 0.05) is 0 Å². The molecule has 92 valence electrons. The van der Waals surface area contributed by atoms with E-state index in [-0.39, 0.29) is 0 Å².